The van der Waals surface area contributed by atoms with Crippen molar-refractivity contribution in [2.24, 2.45) is 5.90 Å². The van der Waals surface area contributed by atoms with E-state index in [-0.39, 0.29) is 0 Å². The van der Waals surface area contributed by atoms with Gasteiger partial charge in [0.2, 0.25) is 0 Å². The van der Waals surface area contributed by atoms with Crippen molar-refractivity contribution >= 4 is 11.4 Å². The molecular formula is C8H13N3O. The predicted octanol–water partition coefficient (Wildman–Crippen LogP) is 0.720. The molecule has 0 aromatic heterocycles. The molecule has 0 unspecified atom stereocenters. The SMILES string of the molecule is Cc1c(N)cc(ON)c(C)c1N. The van der Waals surface area contributed by atoms with E-state index in [4.69, 9.17) is 17.4 Å². The first-order valence-corrected chi connectivity index (χ1v) is 3.59. The zero-order valence-electron chi connectivity index (χ0n) is 7.22. The highest BCUT2D eigenvalue weighted by atomic mass is 16.6. The fourth-order valence-corrected chi connectivity index (χ4v) is 1.05. The van der Waals surface area contributed by atoms with Crippen molar-refractivity contribution in [3.05, 3.63) is 17.2 Å². The highest BCUT2D eigenvalue weighted by molar-refractivity contribution is 5.69. The van der Waals surface area contributed by atoms with Crippen molar-refractivity contribution in [2.45, 2.75) is 13.8 Å². The summed E-state index contributed by atoms with van der Waals surface area (Å²) in [6, 6.07) is 1.67. The van der Waals surface area contributed by atoms with Crippen LogP contribution in [0, 0.1) is 13.8 Å². The van der Waals surface area contributed by atoms with Gasteiger partial charge in [0.05, 0.1) is 0 Å². The van der Waals surface area contributed by atoms with Gasteiger partial charge in [0.15, 0.2) is 5.75 Å². The molecule has 66 valence electrons. The normalized spacial score (nSPS) is 9.92. The van der Waals surface area contributed by atoms with Crippen LogP contribution in [0.1, 0.15) is 11.1 Å². The van der Waals surface area contributed by atoms with Crippen molar-refractivity contribution in [2.75, 3.05) is 11.5 Å². The molecule has 0 saturated carbocycles. The number of rotatable bonds is 1. The van der Waals surface area contributed by atoms with Crippen LogP contribution in [0.25, 0.3) is 0 Å². The molecule has 0 heterocycles. The molecule has 0 spiro atoms. The summed E-state index contributed by atoms with van der Waals surface area (Å²) in [7, 11) is 0. The van der Waals surface area contributed by atoms with Crippen LogP contribution in [0.15, 0.2) is 6.07 Å². The lowest BCUT2D eigenvalue weighted by molar-refractivity contribution is 0.332. The van der Waals surface area contributed by atoms with Gasteiger partial charge in [-0.3, -0.25) is 0 Å². The van der Waals surface area contributed by atoms with Crippen LogP contribution < -0.4 is 22.2 Å². The first-order valence-electron chi connectivity index (χ1n) is 3.59. The number of anilines is 2. The summed E-state index contributed by atoms with van der Waals surface area (Å²) in [5.41, 5.74) is 14.3. The highest BCUT2D eigenvalue weighted by Gasteiger charge is 2.08. The van der Waals surface area contributed by atoms with Gasteiger partial charge in [-0.05, 0) is 19.4 Å². The van der Waals surface area contributed by atoms with Crippen molar-refractivity contribution in [1.82, 2.24) is 0 Å². The van der Waals surface area contributed by atoms with E-state index in [1.54, 1.807) is 6.07 Å². The fourth-order valence-electron chi connectivity index (χ4n) is 1.05. The Balaban J connectivity index is 3.39. The van der Waals surface area contributed by atoms with Crippen LogP contribution >= 0.6 is 0 Å². The van der Waals surface area contributed by atoms with Crippen molar-refractivity contribution in [3.8, 4) is 5.75 Å². The molecule has 1 aromatic rings. The molecule has 6 N–H and O–H groups in total. The van der Waals surface area contributed by atoms with E-state index in [1.807, 2.05) is 13.8 Å². The Hall–Kier alpha value is -1.42. The summed E-state index contributed by atoms with van der Waals surface area (Å²) < 4.78 is 0. The molecule has 0 amide bonds. The van der Waals surface area contributed by atoms with Crippen LogP contribution in [0.4, 0.5) is 11.4 Å². The maximum atomic E-state index is 5.74. The molecule has 0 radical (unpaired) electrons. The zero-order valence-corrected chi connectivity index (χ0v) is 7.22. The topological polar surface area (TPSA) is 87.3 Å². The molecule has 4 nitrogen and oxygen atoms in total. The fraction of sp³-hybridized carbons (Fsp3) is 0.250. The quantitative estimate of drug-likeness (QED) is 0.425. The molecule has 0 atom stereocenters. The largest absolute Gasteiger partial charge is 0.411 e. The van der Waals surface area contributed by atoms with E-state index in [9.17, 15) is 0 Å². The van der Waals surface area contributed by atoms with Gasteiger partial charge in [-0.25, -0.2) is 0 Å². The second kappa shape index (κ2) is 2.91. The smallest absolute Gasteiger partial charge is 0.153 e. The number of hydrogen-bond acceptors (Lipinski definition) is 4. The van der Waals surface area contributed by atoms with Gasteiger partial charge >= 0.3 is 0 Å². The second-order valence-corrected chi connectivity index (χ2v) is 2.75. The maximum Gasteiger partial charge on any atom is 0.153 e. The lowest BCUT2D eigenvalue weighted by Crippen LogP contribution is -2.07. The average molecular weight is 167 g/mol. The van der Waals surface area contributed by atoms with Crippen molar-refractivity contribution in [1.29, 1.82) is 0 Å². The van der Waals surface area contributed by atoms with Crippen molar-refractivity contribution in [3.63, 3.8) is 0 Å². The molecule has 1 aromatic carbocycles. The summed E-state index contributed by atoms with van der Waals surface area (Å²) in [6.07, 6.45) is 0. The molecule has 0 aliphatic rings. The van der Waals surface area contributed by atoms with Crippen LogP contribution in [-0.4, -0.2) is 0 Å². The van der Waals surface area contributed by atoms with Gasteiger partial charge in [-0.2, -0.15) is 5.90 Å². The molecule has 4 heteroatoms. The summed E-state index contributed by atoms with van der Waals surface area (Å²) in [5, 5.41) is 0. The lowest BCUT2D eigenvalue weighted by atomic mass is 10.1. The lowest BCUT2D eigenvalue weighted by Gasteiger charge is -2.11. The van der Waals surface area contributed by atoms with E-state index in [0.717, 1.165) is 11.1 Å². The third-order valence-corrected chi connectivity index (χ3v) is 2.02. The summed E-state index contributed by atoms with van der Waals surface area (Å²) >= 11 is 0. The molecule has 0 aliphatic carbocycles. The van der Waals surface area contributed by atoms with Crippen molar-refractivity contribution < 1.29 is 4.84 Å². The second-order valence-electron chi connectivity index (χ2n) is 2.75. The molecule has 0 saturated heterocycles. The van der Waals surface area contributed by atoms with E-state index in [1.165, 1.54) is 0 Å². The first-order chi connectivity index (χ1) is 5.57. The van der Waals surface area contributed by atoms with Gasteiger partial charge in [-0.1, -0.05) is 0 Å². The Labute approximate surface area is 71.2 Å². The van der Waals surface area contributed by atoms with Gasteiger partial charge < -0.3 is 16.3 Å². The van der Waals surface area contributed by atoms with E-state index in [2.05, 4.69) is 4.84 Å². The number of nitrogen functional groups attached to an aromatic ring is 2. The zero-order chi connectivity index (χ0) is 9.30. The molecule has 0 aliphatic heterocycles. The van der Waals surface area contributed by atoms with E-state index in [0.29, 0.717) is 17.1 Å². The highest BCUT2D eigenvalue weighted by Crippen LogP contribution is 2.30. The summed E-state index contributed by atoms with van der Waals surface area (Å²) in [4.78, 5) is 4.60. The maximum absolute atomic E-state index is 5.74. The number of hydrogen-bond donors (Lipinski definition) is 3. The summed E-state index contributed by atoms with van der Waals surface area (Å²) in [5.74, 6) is 5.55. The Bertz CT molecular complexity index is 310. The van der Waals surface area contributed by atoms with Crippen LogP contribution in [0.2, 0.25) is 0 Å². The monoisotopic (exact) mass is 167 g/mol. The van der Waals surface area contributed by atoms with Crippen LogP contribution in [0.3, 0.4) is 0 Å². The minimum atomic E-state index is 0.524. The third kappa shape index (κ3) is 1.16. The van der Waals surface area contributed by atoms with E-state index >= 15 is 0 Å². The molecule has 12 heavy (non-hydrogen) atoms. The Morgan fingerprint density at radius 2 is 1.75 bits per heavy atom. The van der Waals surface area contributed by atoms with Gasteiger partial charge in [-0.15, -0.1) is 0 Å². The first kappa shape index (κ1) is 8.67. The van der Waals surface area contributed by atoms with E-state index < -0.39 is 0 Å². The van der Waals surface area contributed by atoms with Gasteiger partial charge in [0.1, 0.15) is 0 Å². The van der Waals surface area contributed by atoms with Crippen LogP contribution in [-0.2, 0) is 0 Å². The minimum Gasteiger partial charge on any atom is -0.411 e. The Morgan fingerprint density at radius 3 is 2.25 bits per heavy atom. The summed E-state index contributed by atoms with van der Waals surface area (Å²) in [6.45, 7) is 3.70. The minimum absolute atomic E-state index is 0.524. The third-order valence-electron chi connectivity index (χ3n) is 2.02. The van der Waals surface area contributed by atoms with Gasteiger partial charge in [0.25, 0.3) is 0 Å². The molecule has 0 bridgehead atoms. The van der Waals surface area contributed by atoms with Crippen LogP contribution in [0.5, 0.6) is 5.75 Å². The number of nitrogens with two attached hydrogens (primary N) is 3. The Kier molecular flexibility index (Phi) is 2.10. The predicted molar refractivity (Wildman–Crippen MR) is 49.6 cm³/mol. The molecule has 1 rings (SSSR count). The molecule has 0 fully saturated rings. The Morgan fingerprint density at radius 1 is 1.17 bits per heavy atom. The number of benzene rings is 1. The average Bonchev–Trinajstić information content (AvgIpc) is 2.08. The van der Waals surface area contributed by atoms with Gasteiger partial charge in [0, 0.05) is 23.0 Å². The molecular weight excluding hydrogens is 154 g/mol. The standard InChI is InChI=1S/C8H13N3O/c1-4-6(9)3-7(12-11)5(2)8(4)10/h3H,9-11H2,1-2H3.